The molecule has 26 heavy (non-hydrogen) atoms. The van der Waals surface area contributed by atoms with Crippen LogP contribution in [0.15, 0.2) is 24.3 Å². The van der Waals surface area contributed by atoms with Gasteiger partial charge in [-0.3, -0.25) is 4.79 Å². The Balaban J connectivity index is 1.62. The Hall–Kier alpha value is -2.09. The molecule has 2 aliphatic heterocycles. The Labute approximate surface area is 155 Å². The van der Waals surface area contributed by atoms with Crippen LogP contribution in [0.25, 0.3) is 10.4 Å². The number of benzene rings is 1. The van der Waals surface area contributed by atoms with Crippen LogP contribution in [0.5, 0.6) is 11.5 Å². The molecule has 1 aromatic carbocycles. The number of hydrogen-bond donors (Lipinski definition) is 1. The van der Waals surface area contributed by atoms with Crippen molar-refractivity contribution in [1.82, 2.24) is 4.90 Å². The Morgan fingerprint density at radius 1 is 1.27 bits per heavy atom. The summed E-state index contributed by atoms with van der Waals surface area (Å²) in [5.41, 5.74) is 1.73. The second-order valence-electron chi connectivity index (χ2n) is 6.44. The first-order valence-electron chi connectivity index (χ1n) is 8.65. The maximum atomic E-state index is 12.8. The van der Waals surface area contributed by atoms with Gasteiger partial charge in [0.25, 0.3) is 5.91 Å². The number of phenols is 1. The smallest absolute Gasteiger partial charge is 0.254 e. The highest BCUT2D eigenvalue weighted by molar-refractivity contribution is 7.15. The molecule has 4 rings (SSSR count). The molecule has 1 saturated heterocycles. The number of aryl methyl sites for hydroxylation is 1. The van der Waals surface area contributed by atoms with E-state index in [1.165, 1.54) is 4.88 Å². The molecule has 0 saturated carbocycles. The quantitative estimate of drug-likeness (QED) is 0.874. The maximum Gasteiger partial charge on any atom is 0.254 e. The van der Waals surface area contributed by atoms with Gasteiger partial charge in [-0.1, -0.05) is 0 Å². The monoisotopic (exact) mass is 375 g/mol. The first-order valence-corrected chi connectivity index (χ1v) is 9.47. The number of amides is 1. The zero-order valence-electron chi connectivity index (χ0n) is 14.6. The molecular formula is C19H21NO5S. The number of thiophene rings is 1. The van der Waals surface area contributed by atoms with Gasteiger partial charge in [0.05, 0.1) is 26.4 Å². The average Bonchev–Trinajstić information content (AvgIpc) is 2.97. The summed E-state index contributed by atoms with van der Waals surface area (Å²) in [5.74, 6) is 0.464. The van der Waals surface area contributed by atoms with E-state index in [1.54, 1.807) is 22.3 Å². The van der Waals surface area contributed by atoms with Crippen LogP contribution in [0.1, 0.15) is 10.4 Å². The van der Waals surface area contributed by atoms with E-state index in [-0.39, 0.29) is 18.3 Å². The highest BCUT2D eigenvalue weighted by atomic mass is 32.1. The van der Waals surface area contributed by atoms with E-state index in [1.807, 2.05) is 19.1 Å². The lowest BCUT2D eigenvalue weighted by Gasteiger charge is -2.28. The number of rotatable bonds is 2. The van der Waals surface area contributed by atoms with Crippen LogP contribution >= 0.6 is 11.3 Å². The largest absolute Gasteiger partial charge is 0.504 e. The molecule has 1 N–H and O–H groups in total. The van der Waals surface area contributed by atoms with Crippen LogP contribution in [-0.4, -0.2) is 55.0 Å². The third-order valence-electron chi connectivity index (χ3n) is 4.54. The van der Waals surface area contributed by atoms with Gasteiger partial charge in [-0.05, 0) is 36.8 Å². The summed E-state index contributed by atoms with van der Waals surface area (Å²) in [7, 11) is 0. The summed E-state index contributed by atoms with van der Waals surface area (Å²) in [6, 6.07) is 7.80. The Morgan fingerprint density at radius 3 is 2.88 bits per heavy atom. The number of ether oxygens (including phenoxy) is 3. The number of aromatic hydroxyl groups is 1. The summed E-state index contributed by atoms with van der Waals surface area (Å²) in [5, 5.41) is 10.4. The lowest BCUT2D eigenvalue weighted by atomic mass is 10.1. The molecule has 0 bridgehead atoms. The van der Waals surface area contributed by atoms with Gasteiger partial charge >= 0.3 is 0 Å². The summed E-state index contributed by atoms with van der Waals surface area (Å²) in [4.78, 5) is 16.8. The zero-order chi connectivity index (χ0) is 18.1. The minimum Gasteiger partial charge on any atom is -0.504 e. The van der Waals surface area contributed by atoms with Crippen molar-refractivity contribution < 1.29 is 24.1 Å². The number of carbonyl (C=O) groups excluding carboxylic acids is 1. The van der Waals surface area contributed by atoms with E-state index in [0.717, 1.165) is 16.0 Å². The summed E-state index contributed by atoms with van der Waals surface area (Å²) in [6.07, 6.45) is -0.568. The third-order valence-corrected chi connectivity index (χ3v) is 5.59. The first kappa shape index (κ1) is 17.3. The fourth-order valence-electron chi connectivity index (χ4n) is 3.25. The summed E-state index contributed by atoms with van der Waals surface area (Å²) in [6.45, 7) is 4.43. The number of nitrogens with zero attached hydrogens (tertiary/aromatic N) is 1. The van der Waals surface area contributed by atoms with E-state index in [9.17, 15) is 9.90 Å². The molecule has 6 nitrogen and oxygen atoms in total. The van der Waals surface area contributed by atoms with Crippen molar-refractivity contribution in [2.75, 3.05) is 33.0 Å². The average molecular weight is 375 g/mol. The van der Waals surface area contributed by atoms with Gasteiger partial charge in [0.2, 0.25) is 0 Å². The number of phenolic OH excluding ortho intramolecular Hbond substituents is 1. The van der Waals surface area contributed by atoms with Crippen molar-refractivity contribution in [3.8, 4) is 21.9 Å². The zero-order valence-corrected chi connectivity index (χ0v) is 15.4. The fraction of sp³-hybridized carbons (Fsp3) is 0.421. The van der Waals surface area contributed by atoms with Crippen molar-refractivity contribution in [3.05, 3.63) is 34.7 Å². The van der Waals surface area contributed by atoms with Crippen LogP contribution in [-0.2, 0) is 20.8 Å². The van der Waals surface area contributed by atoms with Gasteiger partial charge in [0, 0.05) is 21.9 Å². The van der Waals surface area contributed by atoms with Gasteiger partial charge in [0.1, 0.15) is 6.61 Å². The van der Waals surface area contributed by atoms with Gasteiger partial charge in [0.15, 0.2) is 17.6 Å². The van der Waals surface area contributed by atoms with E-state index < -0.39 is 6.10 Å². The fourth-order valence-corrected chi connectivity index (χ4v) is 4.11. The molecule has 0 unspecified atom stereocenters. The van der Waals surface area contributed by atoms with Crippen LogP contribution in [0.3, 0.4) is 0 Å². The lowest BCUT2D eigenvalue weighted by Crippen LogP contribution is -2.45. The first-order chi connectivity index (χ1) is 12.6. The predicted octanol–water partition coefficient (Wildman–Crippen LogP) is 2.57. The predicted molar refractivity (Wildman–Crippen MR) is 97.6 cm³/mol. The normalized spacial score (nSPS) is 20.2. The lowest BCUT2D eigenvalue weighted by molar-refractivity contribution is -0.158. The molecule has 1 aromatic heterocycles. The van der Waals surface area contributed by atoms with Crippen LogP contribution in [0.2, 0.25) is 0 Å². The van der Waals surface area contributed by atoms with Crippen LogP contribution in [0, 0.1) is 6.92 Å². The van der Waals surface area contributed by atoms with E-state index >= 15 is 0 Å². The topological polar surface area (TPSA) is 68.2 Å². The molecule has 1 atom stereocenters. The number of hydrogen-bond acceptors (Lipinski definition) is 6. The van der Waals surface area contributed by atoms with E-state index in [4.69, 9.17) is 14.2 Å². The number of fused-ring (bicyclic) bond motifs is 1. The summed E-state index contributed by atoms with van der Waals surface area (Å²) < 4.78 is 16.6. The molecule has 1 amide bonds. The van der Waals surface area contributed by atoms with Gasteiger partial charge in [-0.25, -0.2) is 0 Å². The van der Waals surface area contributed by atoms with E-state index in [2.05, 4.69) is 6.07 Å². The molecule has 0 radical (unpaired) electrons. The van der Waals surface area contributed by atoms with Crippen molar-refractivity contribution in [2.45, 2.75) is 19.6 Å². The van der Waals surface area contributed by atoms with Crippen LogP contribution < -0.4 is 4.74 Å². The van der Waals surface area contributed by atoms with Crippen molar-refractivity contribution in [2.24, 2.45) is 0 Å². The van der Waals surface area contributed by atoms with Gasteiger partial charge < -0.3 is 24.2 Å². The molecule has 0 aliphatic carbocycles. The maximum absolute atomic E-state index is 12.8. The SMILES string of the molecule is Cc1ccc(-c2cc(O)c3c(c2)CN(C(=O)[C@@H]2COCCO2)CCO3)s1. The molecular weight excluding hydrogens is 354 g/mol. The number of carbonyl (C=O) groups is 1. The van der Waals surface area contributed by atoms with Crippen molar-refractivity contribution in [1.29, 1.82) is 0 Å². The second kappa shape index (κ2) is 7.26. The molecule has 2 aliphatic rings. The molecule has 138 valence electrons. The Morgan fingerprint density at radius 2 is 2.15 bits per heavy atom. The van der Waals surface area contributed by atoms with Gasteiger partial charge in [-0.2, -0.15) is 0 Å². The Kier molecular flexibility index (Phi) is 4.84. The van der Waals surface area contributed by atoms with Crippen molar-refractivity contribution in [3.63, 3.8) is 0 Å². The molecule has 1 fully saturated rings. The van der Waals surface area contributed by atoms with Crippen molar-refractivity contribution >= 4 is 17.2 Å². The molecule has 2 aromatic rings. The minimum atomic E-state index is -0.568. The standard InChI is InChI=1S/C19H21NO5S/c1-12-2-3-17(26-12)13-8-14-10-20(4-5-25-18(14)15(21)9-13)19(22)16-11-23-6-7-24-16/h2-3,8-9,16,21H,4-7,10-11H2,1H3/t16-/m0/s1. The third kappa shape index (κ3) is 3.42. The second-order valence-corrected chi connectivity index (χ2v) is 7.72. The molecule has 7 heteroatoms. The highest BCUT2D eigenvalue weighted by Crippen LogP contribution is 2.39. The van der Waals surface area contributed by atoms with Crippen LogP contribution in [0.4, 0.5) is 0 Å². The highest BCUT2D eigenvalue weighted by Gasteiger charge is 2.30. The summed E-state index contributed by atoms with van der Waals surface area (Å²) >= 11 is 1.67. The minimum absolute atomic E-state index is 0.0991. The van der Waals surface area contributed by atoms with E-state index in [0.29, 0.717) is 38.7 Å². The Bertz CT molecular complexity index is 812. The van der Waals surface area contributed by atoms with Gasteiger partial charge in [-0.15, -0.1) is 11.3 Å². The molecule has 0 spiro atoms. The molecule has 3 heterocycles.